The number of benzene rings is 3. The van der Waals surface area contributed by atoms with Crippen molar-refractivity contribution in [2.24, 2.45) is 0 Å². The molecular formula is C26H25BrClNO5S. The van der Waals surface area contributed by atoms with Crippen molar-refractivity contribution in [3.63, 3.8) is 0 Å². The van der Waals surface area contributed by atoms with Crippen LogP contribution in [-0.4, -0.2) is 30.4 Å². The van der Waals surface area contributed by atoms with Gasteiger partial charge in [-0.2, -0.15) is 8.42 Å². The zero-order chi connectivity index (χ0) is 25.6. The van der Waals surface area contributed by atoms with Crippen molar-refractivity contribution in [1.82, 2.24) is 0 Å². The number of halogens is 2. The van der Waals surface area contributed by atoms with Crippen LogP contribution in [0.1, 0.15) is 45.8 Å². The number of ketones is 1. The van der Waals surface area contributed by atoms with E-state index in [0.717, 1.165) is 21.2 Å². The third-order valence-electron chi connectivity index (χ3n) is 5.55. The normalized spacial score (nSPS) is 12.2. The number of hydrogen-bond acceptors (Lipinski definition) is 4. The highest BCUT2D eigenvalue weighted by molar-refractivity contribution is 9.10. The fourth-order valence-electron chi connectivity index (χ4n) is 3.58. The van der Waals surface area contributed by atoms with Gasteiger partial charge in [0.15, 0.2) is 5.78 Å². The molecule has 9 heteroatoms. The Morgan fingerprint density at radius 3 is 2.29 bits per heavy atom. The molecule has 0 saturated heterocycles. The molecule has 1 unspecified atom stereocenters. The van der Waals surface area contributed by atoms with Crippen LogP contribution < -0.4 is 5.32 Å². The van der Waals surface area contributed by atoms with Crippen molar-refractivity contribution in [2.45, 2.75) is 32.1 Å². The third-order valence-corrected chi connectivity index (χ3v) is 7.29. The molecule has 1 amide bonds. The minimum Gasteiger partial charge on any atom is -0.326 e. The highest BCUT2D eigenvalue weighted by Crippen LogP contribution is 2.27. The summed E-state index contributed by atoms with van der Waals surface area (Å²) >= 11 is 9.63. The van der Waals surface area contributed by atoms with Gasteiger partial charge in [-0.3, -0.25) is 14.1 Å². The van der Waals surface area contributed by atoms with Gasteiger partial charge in [-0.1, -0.05) is 70.0 Å². The molecule has 0 radical (unpaired) electrons. The van der Waals surface area contributed by atoms with Crippen LogP contribution in [0.25, 0.3) is 0 Å². The van der Waals surface area contributed by atoms with Crippen molar-refractivity contribution < 1.29 is 22.6 Å². The van der Waals surface area contributed by atoms with Gasteiger partial charge < -0.3 is 5.32 Å². The number of nitrogens with one attached hydrogen (secondary N) is 1. The maximum Gasteiger partial charge on any atom is 0.264 e. The molecule has 3 rings (SSSR count). The Morgan fingerprint density at radius 2 is 1.69 bits per heavy atom. The Balaban J connectivity index is 1.76. The molecule has 3 aromatic rings. The Bertz CT molecular complexity index is 1310. The molecule has 1 atom stereocenters. The van der Waals surface area contributed by atoms with Crippen molar-refractivity contribution in [1.29, 1.82) is 0 Å². The molecule has 0 aliphatic carbocycles. The Labute approximate surface area is 218 Å². The fourth-order valence-corrected chi connectivity index (χ4v) is 4.53. The summed E-state index contributed by atoms with van der Waals surface area (Å²) in [4.78, 5) is 25.6. The van der Waals surface area contributed by atoms with Crippen LogP contribution in [-0.2, 0) is 21.3 Å². The van der Waals surface area contributed by atoms with Crippen LogP contribution in [0, 0.1) is 6.92 Å². The molecule has 0 aliphatic rings. The van der Waals surface area contributed by atoms with Gasteiger partial charge in [0, 0.05) is 27.2 Å². The lowest BCUT2D eigenvalue weighted by molar-refractivity contribution is -0.117. The molecule has 184 valence electrons. The van der Waals surface area contributed by atoms with E-state index in [1.807, 2.05) is 37.3 Å². The lowest BCUT2D eigenvalue weighted by Crippen LogP contribution is -2.23. The number of Topliss-reactive ketones (excluding diaryl/α,β-unsaturated/α-hetero) is 1. The average Bonchev–Trinajstić information content (AvgIpc) is 2.80. The predicted molar refractivity (Wildman–Crippen MR) is 142 cm³/mol. The highest BCUT2D eigenvalue weighted by atomic mass is 79.9. The van der Waals surface area contributed by atoms with E-state index in [0.29, 0.717) is 22.7 Å². The van der Waals surface area contributed by atoms with Crippen LogP contribution in [0.15, 0.2) is 71.2 Å². The van der Waals surface area contributed by atoms with Crippen molar-refractivity contribution in [2.75, 3.05) is 11.1 Å². The molecule has 2 N–H and O–H groups in total. The topological polar surface area (TPSA) is 101 Å². The van der Waals surface area contributed by atoms with Gasteiger partial charge >= 0.3 is 0 Å². The number of rotatable bonds is 10. The van der Waals surface area contributed by atoms with Gasteiger partial charge in [-0.25, -0.2) is 0 Å². The van der Waals surface area contributed by atoms with Gasteiger partial charge in [-0.05, 0) is 60.7 Å². The van der Waals surface area contributed by atoms with E-state index in [2.05, 4.69) is 21.2 Å². The minimum atomic E-state index is -4.09. The molecule has 0 saturated carbocycles. The largest absolute Gasteiger partial charge is 0.326 e. The molecule has 3 aromatic carbocycles. The van der Waals surface area contributed by atoms with Crippen LogP contribution in [0.5, 0.6) is 0 Å². The molecule has 0 aromatic heterocycles. The van der Waals surface area contributed by atoms with Crippen LogP contribution in [0.2, 0.25) is 5.02 Å². The minimum absolute atomic E-state index is 0.0160. The van der Waals surface area contributed by atoms with Gasteiger partial charge in [0.2, 0.25) is 5.91 Å². The summed E-state index contributed by atoms with van der Waals surface area (Å²) in [5, 5.41) is 3.52. The van der Waals surface area contributed by atoms with E-state index < -0.39 is 21.8 Å². The fraction of sp³-hybridized carbons (Fsp3) is 0.231. The quantitative estimate of drug-likeness (QED) is 0.220. The van der Waals surface area contributed by atoms with Crippen LogP contribution in [0.4, 0.5) is 5.69 Å². The Hall–Kier alpha value is -2.52. The number of carbonyl (C=O) groups excluding carboxylic acids is 2. The summed E-state index contributed by atoms with van der Waals surface area (Å²) in [6.45, 7) is 1.89. The summed E-state index contributed by atoms with van der Waals surface area (Å²) in [5.41, 5.74) is 3.68. The van der Waals surface area contributed by atoms with E-state index in [9.17, 15) is 18.0 Å². The molecule has 0 spiro atoms. The second-order valence-corrected chi connectivity index (χ2v) is 11.2. The molecule has 0 heterocycles. The first-order chi connectivity index (χ1) is 16.5. The van der Waals surface area contributed by atoms with Gasteiger partial charge in [0.1, 0.15) is 0 Å². The maximum absolute atomic E-state index is 13.3. The Morgan fingerprint density at radius 1 is 1.03 bits per heavy atom. The molecule has 0 fully saturated rings. The molecular weight excluding hydrogens is 554 g/mol. The van der Waals surface area contributed by atoms with Crippen LogP contribution in [0.3, 0.4) is 0 Å². The standard InChI is InChI=1S/C26H25BrClNO5S/c1-17-4-13-22(16-24(17)28)29-26(31)23(19-9-11-21(27)12-10-19)15-18-5-7-20(8-6-18)25(30)3-2-14-35(32,33)34/h4-13,16,23H,2-3,14-15H2,1H3,(H,29,31)(H,32,33,34). The first-order valence-corrected chi connectivity index (χ1v) is 13.7. The smallest absolute Gasteiger partial charge is 0.264 e. The third kappa shape index (κ3) is 8.28. The summed E-state index contributed by atoms with van der Waals surface area (Å²) < 4.78 is 31.4. The summed E-state index contributed by atoms with van der Waals surface area (Å²) in [6, 6.07) is 19.8. The van der Waals surface area contributed by atoms with E-state index in [1.165, 1.54) is 0 Å². The number of aryl methyl sites for hydroxylation is 1. The van der Waals surface area contributed by atoms with E-state index in [1.54, 1.807) is 36.4 Å². The first-order valence-electron chi connectivity index (χ1n) is 10.9. The number of amides is 1. The average molecular weight is 579 g/mol. The number of hydrogen-bond donors (Lipinski definition) is 2. The molecule has 6 nitrogen and oxygen atoms in total. The molecule has 0 aliphatic heterocycles. The zero-order valence-corrected chi connectivity index (χ0v) is 22.2. The Kier molecular flexibility index (Phi) is 9.24. The summed E-state index contributed by atoms with van der Waals surface area (Å²) in [5.74, 6) is -1.33. The van der Waals surface area contributed by atoms with E-state index >= 15 is 0 Å². The second-order valence-electron chi connectivity index (χ2n) is 8.27. The number of carbonyl (C=O) groups is 2. The van der Waals surface area contributed by atoms with Crippen molar-refractivity contribution >= 4 is 55.0 Å². The van der Waals surface area contributed by atoms with E-state index in [4.69, 9.17) is 16.2 Å². The summed E-state index contributed by atoms with van der Waals surface area (Å²) in [7, 11) is -4.09. The van der Waals surface area contributed by atoms with Crippen LogP contribution >= 0.6 is 27.5 Å². The zero-order valence-electron chi connectivity index (χ0n) is 19.0. The monoisotopic (exact) mass is 577 g/mol. The van der Waals surface area contributed by atoms with Crippen molar-refractivity contribution in [3.8, 4) is 0 Å². The maximum atomic E-state index is 13.3. The van der Waals surface area contributed by atoms with Gasteiger partial charge in [0.25, 0.3) is 10.1 Å². The SMILES string of the molecule is Cc1ccc(NC(=O)C(Cc2ccc(C(=O)CCCS(=O)(=O)O)cc2)c2ccc(Br)cc2)cc1Cl. The molecule has 35 heavy (non-hydrogen) atoms. The van der Waals surface area contributed by atoms with Gasteiger partial charge in [-0.15, -0.1) is 0 Å². The second kappa shape index (κ2) is 11.9. The summed E-state index contributed by atoms with van der Waals surface area (Å²) in [6.07, 6.45) is 0.473. The number of anilines is 1. The molecule has 0 bridgehead atoms. The highest BCUT2D eigenvalue weighted by Gasteiger charge is 2.22. The lowest BCUT2D eigenvalue weighted by Gasteiger charge is -2.18. The lowest BCUT2D eigenvalue weighted by atomic mass is 9.90. The van der Waals surface area contributed by atoms with Crippen molar-refractivity contribution in [3.05, 3.63) is 98.5 Å². The van der Waals surface area contributed by atoms with E-state index in [-0.39, 0.29) is 24.5 Å². The first kappa shape index (κ1) is 27.1. The van der Waals surface area contributed by atoms with Gasteiger partial charge in [0.05, 0.1) is 11.7 Å². The predicted octanol–water partition coefficient (Wildman–Crippen LogP) is 6.23.